The summed E-state index contributed by atoms with van der Waals surface area (Å²) in [5.41, 5.74) is 1.15. The number of ether oxygens (including phenoxy) is 2. The summed E-state index contributed by atoms with van der Waals surface area (Å²) >= 11 is 1.34. The van der Waals surface area contributed by atoms with E-state index in [9.17, 15) is 14.7 Å². The number of nitrogens with one attached hydrogen (secondary N) is 1. The Morgan fingerprint density at radius 1 is 1.31 bits per heavy atom. The van der Waals surface area contributed by atoms with Crippen molar-refractivity contribution in [1.82, 2.24) is 9.88 Å². The van der Waals surface area contributed by atoms with Gasteiger partial charge in [-0.3, -0.25) is 9.59 Å². The van der Waals surface area contributed by atoms with Crippen LogP contribution in [0.3, 0.4) is 0 Å². The molecule has 0 bridgehead atoms. The second kappa shape index (κ2) is 6.49. The van der Waals surface area contributed by atoms with Gasteiger partial charge in [-0.1, -0.05) is 6.07 Å². The van der Waals surface area contributed by atoms with Crippen molar-refractivity contribution < 1.29 is 24.2 Å². The van der Waals surface area contributed by atoms with Gasteiger partial charge in [-0.2, -0.15) is 0 Å². The Bertz CT molecular complexity index is 868. The number of carbonyl (C=O) groups excluding carboxylic acids is 1. The summed E-state index contributed by atoms with van der Waals surface area (Å²) in [7, 11) is 1.74. The van der Waals surface area contributed by atoms with Crippen molar-refractivity contribution in [2.75, 3.05) is 32.2 Å². The molecule has 0 spiro atoms. The highest BCUT2D eigenvalue weighted by Gasteiger charge is 2.41. The van der Waals surface area contributed by atoms with Crippen LogP contribution in [0.25, 0.3) is 0 Å². The first kappa shape index (κ1) is 16.6. The Morgan fingerprint density at radius 3 is 2.85 bits per heavy atom. The Morgan fingerprint density at radius 2 is 2.12 bits per heavy atom. The first-order valence-corrected chi connectivity index (χ1v) is 8.99. The molecule has 0 aliphatic carbocycles. The van der Waals surface area contributed by atoms with Crippen molar-refractivity contribution >= 4 is 28.3 Å². The normalized spacial score (nSPS) is 21.0. The summed E-state index contributed by atoms with van der Waals surface area (Å²) < 4.78 is 10.7. The number of aromatic nitrogens is 1. The average molecular weight is 375 g/mol. The van der Waals surface area contributed by atoms with Crippen LogP contribution in [0.4, 0.5) is 5.13 Å². The van der Waals surface area contributed by atoms with E-state index in [2.05, 4.69) is 10.3 Å². The summed E-state index contributed by atoms with van der Waals surface area (Å²) in [6.07, 6.45) is 0. The lowest BCUT2D eigenvalue weighted by Gasteiger charge is -2.16. The minimum atomic E-state index is -0.919. The maximum absolute atomic E-state index is 12.7. The number of carboxylic acid groups (broad SMARTS) is 1. The molecular weight excluding hydrogens is 358 g/mol. The Balaban J connectivity index is 1.59. The zero-order valence-electron chi connectivity index (χ0n) is 14.0. The number of thiazole rings is 1. The molecule has 8 nitrogen and oxygen atoms in total. The third-order valence-corrected chi connectivity index (χ3v) is 5.55. The standard InChI is InChI=1S/C17H17N3O5S/c1-18-17-19-12(7-26-17)15(21)20-5-10(11(6-20)16(22)23)9-2-3-13-14(4-9)25-8-24-13/h2-4,7,10-11H,5-6,8H2,1H3,(H,18,19)(H,22,23)/t10-,11+/m0/s1. The molecule has 4 rings (SSSR count). The molecule has 2 atom stereocenters. The fourth-order valence-electron chi connectivity index (χ4n) is 3.35. The molecule has 0 unspecified atom stereocenters. The zero-order chi connectivity index (χ0) is 18.3. The lowest BCUT2D eigenvalue weighted by molar-refractivity contribution is -0.141. The van der Waals surface area contributed by atoms with Crippen LogP contribution in [0.2, 0.25) is 0 Å². The molecule has 0 radical (unpaired) electrons. The number of aliphatic carboxylic acids is 1. The third-order valence-electron chi connectivity index (χ3n) is 4.69. The molecule has 136 valence electrons. The Hall–Kier alpha value is -2.81. The third kappa shape index (κ3) is 2.84. The molecule has 1 aromatic heterocycles. The molecular formula is C17H17N3O5S. The van der Waals surface area contributed by atoms with Crippen molar-refractivity contribution in [3.05, 3.63) is 34.8 Å². The molecule has 9 heteroatoms. The average Bonchev–Trinajstić information content (AvgIpc) is 3.38. The lowest BCUT2D eigenvalue weighted by Crippen LogP contribution is -2.30. The summed E-state index contributed by atoms with van der Waals surface area (Å²) in [4.78, 5) is 30.2. The van der Waals surface area contributed by atoms with Crippen LogP contribution < -0.4 is 14.8 Å². The van der Waals surface area contributed by atoms with Crippen molar-refractivity contribution in [3.63, 3.8) is 0 Å². The molecule has 1 saturated heterocycles. The van der Waals surface area contributed by atoms with E-state index in [-0.39, 0.29) is 25.2 Å². The first-order valence-electron chi connectivity index (χ1n) is 8.11. The first-order chi connectivity index (χ1) is 12.6. The molecule has 2 N–H and O–H groups in total. The van der Waals surface area contributed by atoms with Gasteiger partial charge in [-0.15, -0.1) is 11.3 Å². The number of fused-ring (bicyclic) bond motifs is 1. The molecule has 3 heterocycles. The number of nitrogens with zero attached hydrogens (tertiary/aromatic N) is 2. The second-order valence-electron chi connectivity index (χ2n) is 6.16. The van der Waals surface area contributed by atoms with Crippen molar-refractivity contribution in [2.45, 2.75) is 5.92 Å². The van der Waals surface area contributed by atoms with Crippen LogP contribution in [-0.4, -0.2) is 53.8 Å². The van der Waals surface area contributed by atoms with Gasteiger partial charge in [-0.05, 0) is 17.7 Å². The van der Waals surface area contributed by atoms with Gasteiger partial charge < -0.3 is 24.8 Å². The number of carbonyl (C=O) groups is 2. The van der Waals surface area contributed by atoms with Crippen molar-refractivity contribution in [1.29, 1.82) is 0 Å². The van der Waals surface area contributed by atoms with Gasteiger partial charge in [0.1, 0.15) is 5.69 Å². The minimum absolute atomic E-state index is 0.152. The largest absolute Gasteiger partial charge is 0.481 e. The Labute approximate surface area is 153 Å². The summed E-state index contributed by atoms with van der Waals surface area (Å²) in [5, 5.41) is 14.9. The number of hydrogen-bond acceptors (Lipinski definition) is 7. The van der Waals surface area contributed by atoms with Gasteiger partial charge in [0.15, 0.2) is 16.6 Å². The molecule has 0 saturated carbocycles. The highest BCUT2D eigenvalue weighted by atomic mass is 32.1. The van der Waals surface area contributed by atoms with E-state index >= 15 is 0 Å². The number of anilines is 1. The molecule has 1 aromatic carbocycles. The van der Waals surface area contributed by atoms with E-state index in [1.807, 2.05) is 6.07 Å². The van der Waals surface area contributed by atoms with E-state index < -0.39 is 11.9 Å². The van der Waals surface area contributed by atoms with E-state index in [4.69, 9.17) is 9.47 Å². The summed E-state index contributed by atoms with van der Waals surface area (Å²) in [5.74, 6) is -0.910. The molecule has 2 aliphatic heterocycles. The molecule has 1 amide bonds. The lowest BCUT2D eigenvalue weighted by atomic mass is 9.89. The van der Waals surface area contributed by atoms with Crippen molar-refractivity contribution in [3.8, 4) is 11.5 Å². The fourth-order valence-corrected chi connectivity index (χ4v) is 4.00. The van der Waals surface area contributed by atoms with Crippen molar-refractivity contribution in [2.24, 2.45) is 5.92 Å². The van der Waals surface area contributed by atoms with Gasteiger partial charge in [0.2, 0.25) is 6.79 Å². The Kier molecular flexibility index (Phi) is 4.15. The van der Waals surface area contributed by atoms with Crippen LogP contribution in [0.1, 0.15) is 22.0 Å². The fraction of sp³-hybridized carbons (Fsp3) is 0.353. The highest BCUT2D eigenvalue weighted by Crippen LogP contribution is 2.39. The monoisotopic (exact) mass is 375 g/mol. The highest BCUT2D eigenvalue weighted by molar-refractivity contribution is 7.13. The van der Waals surface area contributed by atoms with E-state index in [0.29, 0.717) is 28.9 Å². The predicted molar refractivity (Wildman–Crippen MR) is 94.0 cm³/mol. The zero-order valence-corrected chi connectivity index (χ0v) is 14.8. The van der Waals surface area contributed by atoms with Crippen LogP contribution >= 0.6 is 11.3 Å². The number of amides is 1. The predicted octanol–water partition coefficient (Wildman–Crippen LogP) is 1.85. The van der Waals surface area contributed by atoms with E-state index in [0.717, 1.165) is 5.56 Å². The number of benzene rings is 1. The quantitative estimate of drug-likeness (QED) is 0.841. The van der Waals surface area contributed by atoms with Gasteiger partial charge in [0, 0.05) is 31.4 Å². The van der Waals surface area contributed by atoms with E-state index in [1.165, 1.54) is 11.3 Å². The topological polar surface area (TPSA) is 101 Å². The molecule has 26 heavy (non-hydrogen) atoms. The van der Waals surface area contributed by atoms with Crippen LogP contribution in [0, 0.1) is 5.92 Å². The van der Waals surface area contributed by atoms with Gasteiger partial charge >= 0.3 is 5.97 Å². The minimum Gasteiger partial charge on any atom is -0.481 e. The second-order valence-corrected chi connectivity index (χ2v) is 7.02. The number of rotatable bonds is 4. The van der Waals surface area contributed by atoms with Crippen LogP contribution in [0.5, 0.6) is 11.5 Å². The van der Waals surface area contributed by atoms with Gasteiger partial charge in [-0.25, -0.2) is 4.98 Å². The van der Waals surface area contributed by atoms with Gasteiger partial charge in [0.05, 0.1) is 5.92 Å². The maximum atomic E-state index is 12.7. The smallest absolute Gasteiger partial charge is 0.308 e. The maximum Gasteiger partial charge on any atom is 0.308 e. The number of likely N-dealkylation sites (tertiary alicyclic amines) is 1. The molecule has 2 aromatic rings. The van der Waals surface area contributed by atoms with E-state index in [1.54, 1.807) is 29.5 Å². The summed E-state index contributed by atoms with van der Waals surface area (Å²) in [6, 6.07) is 5.42. The molecule has 1 fully saturated rings. The number of carboxylic acids is 1. The van der Waals surface area contributed by atoms with Crippen LogP contribution in [0.15, 0.2) is 23.6 Å². The van der Waals surface area contributed by atoms with Gasteiger partial charge in [0.25, 0.3) is 5.91 Å². The SMILES string of the molecule is CNc1nc(C(=O)N2C[C@@H](C(=O)O)[C@H](c3ccc4c(c3)OCO4)C2)cs1. The van der Waals surface area contributed by atoms with Crippen LogP contribution in [-0.2, 0) is 4.79 Å². The summed E-state index contributed by atoms with van der Waals surface area (Å²) in [6.45, 7) is 0.635. The number of hydrogen-bond donors (Lipinski definition) is 2. The molecule has 2 aliphatic rings.